The number of hydrogen-bond donors (Lipinski definition) is 0. The highest BCUT2D eigenvalue weighted by atomic mass is 31.0. The molecule has 0 spiro atoms. The van der Waals surface area contributed by atoms with Crippen LogP contribution in [-0.2, 0) is 5.41 Å². The maximum Gasteiger partial charge on any atom is 0.133 e. The van der Waals surface area contributed by atoms with Crippen molar-refractivity contribution in [3.63, 3.8) is 0 Å². The van der Waals surface area contributed by atoms with Crippen LogP contribution in [0, 0.1) is 11.6 Å². The van der Waals surface area contributed by atoms with E-state index >= 15 is 0 Å². The van der Waals surface area contributed by atoms with Gasteiger partial charge in [0.05, 0.1) is 0 Å². The Morgan fingerprint density at radius 2 is 1.50 bits per heavy atom. The topological polar surface area (TPSA) is 0 Å². The lowest BCUT2D eigenvalue weighted by molar-refractivity contribution is 0.517. The Morgan fingerprint density at radius 3 is 1.93 bits per heavy atom. The van der Waals surface area contributed by atoms with Gasteiger partial charge in [-0.1, -0.05) is 20.8 Å². The molecule has 1 aromatic rings. The fourth-order valence-electron chi connectivity index (χ4n) is 1.42. The van der Waals surface area contributed by atoms with Gasteiger partial charge in [0.1, 0.15) is 11.6 Å². The van der Waals surface area contributed by atoms with Crippen LogP contribution < -0.4 is 10.6 Å². The van der Waals surface area contributed by atoms with E-state index in [9.17, 15) is 8.78 Å². The van der Waals surface area contributed by atoms with Crippen molar-refractivity contribution < 1.29 is 8.78 Å². The minimum atomic E-state index is -0.523. The molecule has 0 aromatic heterocycles. The van der Waals surface area contributed by atoms with Gasteiger partial charge >= 0.3 is 0 Å². The summed E-state index contributed by atoms with van der Waals surface area (Å²) in [7, 11) is 4.70. The zero-order chi connectivity index (χ0) is 11.1. The van der Waals surface area contributed by atoms with E-state index in [4.69, 9.17) is 0 Å². The van der Waals surface area contributed by atoms with Crippen molar-refractivity contribution in [1.29, 1.82) is 0 Å². The number of benzene rings is 1. The van der Waals surface area contributed by atoms with Crippen LogP contribution in [0.4, 0.5) is 8.78 Å². The molecule has 0 aliphatic rings. The van der Waals surface area contributed by atoms with Gasteiger partial charge in [0.25, 0.3) is 0 Å². The van der Waals surface area contributed by atoms with E-state index in [1.807, 2.05) is 20.8 Å². The van der Waals surface area contributed by atoms with Crippen molar-refractivity contribution in [2.75, 3.05) is 0 Å². The van der Waals surface area contributed by atoms with E-state index in [0.717, 1.165) is 6.07 Å². The third-order valence-electron chi connectivity index (χ3n) is 2.06. The van der Waals surface area contributed by atoms with Crippen LogP contribution >= 0.6 is 18.5 Å². The normalized spacial score (nSPS) is 11.9. The molecule has 0 amide bonds. The van der Waals surface area contributed by atoms with Crippen molar-refractivity contribution in [2.45, 2.75) is 26.2 Å². The van der Waals surface area contributed by atoms with Crippen LogP contribution in [0.2, 0.25) is 0 Å². The first kappa shape index (κ1) is 12.0. The van der Waals surface area contributed by atoms with Gasteiger partial charge in [-0.15, -0.1) is 18.5 Å². The number of hydrogen-bond acceptors (Lipinski definition) is 0. The Morgan fingerprint density at radius 1 is 1.00 bits per heavy atom. The van der Waals surface area contributed by atoms with Crippen molar-refractivity contribution in [3.8, 4) is 0 Å². The number of halogens is 2. The van der Waals surface area contributed by atoms with Gasteiger partial charge in [0.2, 0.25) is 0 Å². The molecular formula is C10H14F2P2. The van der Waals surface area contributed by atoms with Crippen LogP contribution in [0.3, 0.4) is 0 Å². The van der Waals surface area contributed by atoms with Crippen molar-refractivity contribution in [1.82, 2.24) is 0 Å². The van der Waals surface area contributed by atoms with Crippen LogP contribution in [0.1, 0.15) is 26.3 Å². The summed E-state index contributed by atoms with van der Waals surface area (Å²) < 4.78 is 26.7. The molecule has 2 atom stereocenters. The second-order valence-corrected chi connectivity index (χ2v) is 5.45. The lowest BCUT2D eigenvalue weighted by Crippen LogP contribution is -2.29. The van der Waals surface area contributed by atoms with Crippen LogP contribution in [0.5, 0.6) is 0 Å². The first-order valence-electron chi connectivity index (χ1n) is 4.28. The third kappa shape index (κ3) is 2.12. The predicted octanol–water partition coefficient (Wildman–Crippen LogP) is 2.26. The van der Waals surface area contributed by atoms with E-state index in [0.29, 0.717) is 16.2 Å². The molecule has 14 heavy (non-hydrogen) atoms. The van der Waals surface area contributed by atoms with Crippen LogP contribution in [0.15, 0.2) is 6.07 Å². The Bertz CT molecular complexity index is 367. The van der Waals surface area contributed by atoms with Gasteiger partial charge in [0.15, 0.2) is 0 Å². The van der Waals surface area contributed by atoms with Gasteiger partial charge in [-0.2, -0.15) is 0 Å². The summed E-state index contributed by atoms with van der Waals surface area (Å²) in [5, 5.41) is 1.02. The highest BCUT2D eigenvalue weighted by molar-refractivity contribution is 7.36. The molecule has 1 aromatic carbocycles. The molecule has 78 valence electrons. The molecule has 0 nitrogen and oxygen atoms in total. The lowest BCUT2D eigenvalue weighted by atomic mass is 9.86. The van der Waals surface area contributed by atoms with E-state index in [1.54, 1.807) is 0 Å². The zero-order valence-electron chi connectivity index (χ0n) is 8.49. The van der Waals surface area contributed by atoms with Crippen LogP contribution in [-0.4, -0.2) is 0 Å². The van der Waals surface area contributed by atoms with Gasteiger partial charge in [-0.3, -0.25) is 0 Å². The van der Waals surface area contributed by atoms with Crippen LogP contribution in [0.25, 0.3) is 0 Å². The average Bonchev–Trinajstić information content (AvgIpc) is 1.97. The van der Waals surface area contributed by atoms with Gasteiger partial charge in [-0.05, 0) is 10.7 Å². The molecular weight excluding hydrogens is 220 g/mol. The second-order valence-electron chi connectivity index (χ2n) is 4.29. The lowest BCUT2D eigenvalue weighted by Gasteiger charge is -2.23. The molecule has 0 saturated carbocycles. The fraction of sp³-hybridized carbons (Fsp3) is 0.400. The second kappa shape index (κ2) is 3.83. The molecule has 0 bridgehead atoms. The summed E-state index contributed by atoms with van der Waals surface area (Å²) in [6.07, 6.45) is 0. The molecule has 0 fully saturated rings. The fourth-order valence-corrected chi connectivity index (χ4v) is 2.35. The molecule has 0 aliphatic heterocycles. The maximum atomic E-state index is 13.5. The summed E-state index contributed by atoms with van der Waals surface area (Å²) in [5.41, 5.74) is 0.231. The monoisotopic (exact) mass is 234 g/mol. The third-order valence-corrected chi connectivity index (χ3v) is 3.58. The molecule has 0 saturated heterocycles. The molecule has 2 unspecified atom stereocenters. The van der Waals surface area contributed by atoms with E-state index in [-0.39, 0.29) is 5.41 Å². The highest BCUT2D eigenvalue weighted by Gasteiger charge is 2.23. The molecule has 4 heteroatoms. The molecule has 0 N–H and O–H groups in total. The summed E-state index contributed by atoms with van der Waals surface area (Å²) in [6, 6.07) is 0.941. The van der Waals surface area contributed by atoms with Gasteiger partial charge in [0, 0.05) is 16.9 Å². The Hall–Kier alpha value is -0.0600. The van der Waals surface area contributed by atoms with Crippen molar-refractivity contribution in [3.05, 3.63) is 23.3 Å². The smallest absolute Gasteiger partial charge is 0.133 e. The SMILES string of the molecule is CC(C)(C)c1c(F)cc(F)c(P)c1P. The quantitative estimate of drug-likeness (QED) is 0.604. The number of rotatable bonds is 0. The van der Waals surface area contributed by atoms with E-state index < -0.39 is 11.6 Å². The van der Waals surface area contributed by atoms with Crippen molar-refractivity contribution >= 4 is 29.1 Å². The molecule has 0 aliphatic carbocycles. The highest BCUT2D eigenvalue weighted by Crippen LogP contribution is 2.25. The first-order valence-corrected chi connectivity index (χ1v) is 5.44. The zero-order valence-corrected chi connectivity index (χ0v) is 10.8. The van der Waals surface area contributed by atoms with Gasteiger partial charge in [-0.25, -0.2) is 8.78 Å². The Labute approximate surface area is 87.9 Å². The molecule has 0 heterocycles. The van der Waals surface area contributed by atoms with Crippen molar-refractivity contribution in [2.24, 2.45) is 0 Å². The minimum absolute atomic E-state index is 0.319. The summed E-state index contributed by atoms with van der Waals surface area (Å²) in [6.45, 7) is 5.71. The molecule has 0 radical (unpaired) electrons. The van der Waals surface area contributed by atoms with Gasteiger partial charge < -0.3 is 0 Å². The largest absolute Gasteiger partial charge is 0.207 e. The summed E-state index contributed by atoms with van der Waals surface area (Å²) >= 11 is 0. The van der Waals surface area contributed by atoms with E-state index in [2.05, 4.69) is 18.5 Å². The average molecular weight is 234 g/mol. The Balaban J connectivity index is 3.53. The molecule has 1 rings (SSSR count). The maximum absolute atomic E-state index is 13.5. The standard InChI is InChI=1S/C10H14F2P2/c1-10(2,3)7-5(11)4-6(12)8(13)9(7)14/h4H,13-14H2,1-3H3. The summed E-state index contributed by atoms with van der Waals surface area (Å²) in [4.78, 5) is 0. The predicted molar refractivity (Wildman–Crippen MR) is 63.7 cm³/mol. The minimum Gasteiger partial charge on any atom is -0.207 e. The van der Waals surface area contributed by atoms with E-state index in [1.165, 1.54) is 0 Å². The first-order chi connectivity index (χ1) is 6.25. The summed E-state index contributed by atoms with van der Waals surface area (Å²) in [5.74, 6) is -1.00. The Kier molecular flexibility index (Phi) is 3.29.